The quantitative estimate of drug-likeness (QED) is 0.337. The van der Waals surface area contributed by atoms with Crippen LogP contribution in [0.15, 0.2) is 95.6 Å². The summed E-state index contributed by atoms with van der Waals surface area (Å²) in [7, 11) is 3.18. The van der Waals surface area contributed by atoms with Crippen LogP contribution in [0.1, 0.15) is 23.6 Å². The first-order valence-corrected chi connectivity index (χ1v) is 12.9. The Bertz CT molecular complexity index is 1360. The van der Waals surface area contributed by atoms with Crippen LogP contribution < -0.4 is 9.47 Å². The highest BCUT2D eigenvalue weighted by Crippen LogP contribution is 2.28. The second-order valence-corrected chi connectivity index (χ2v) is 8.97. The number of ether oxygens (including phenoxy) is 4. The number of carbonyl (C=O) groups is 2. The average Bonchev–Trinajstić information content (AvgIpc) is 3.35. The van der Waals surface area contributed by atoms with Gasteiger partial charge in [-0.1, -0.05) is 72.8 Å². The van der Waals surface area contributed by atoms with Crippen LogP contribution in [-0.2, 0) is 29.1 Å². The van der Waals surface area contributed by atoms with E-state index in [1.165, 1.54) is 4.90 Å². The van der Waals surface area contributed by atoms with Gasteiger partial charge in [0.05, 0.1) is 20.8 Å². The van der Waals surface area contributed by atoms with Crippen molar-refractivity contribution in [1.82, 2.24) is 9.80 Å². The van der Waals surface area contributed by atoms with E-state index in [0.29, 0.717) is 36.7 Å². The first-order chi connectivity index (χ1) is 19.5. The fourth-order valence-electron chi connectivity index (χ4n) is 4.24. The maximum Gasteiger partial charge on any atom is 0.437 e. The highest BCUT2D eigenvalue weighted by molar-refractivity contribution is 6.02. The number of rotatable bonds is 9. The minimum Gasteiger partial charge on any atom is -0.493 e. The van der Waals surface area contributed by atoms with Crippen LogP contribution in [0.3, 0.4) is 0 Å². The Hall–Kier alpha value is -4.79. The Balaban J connectivity index is 1.54. The van der Waals surface area contributed by atoms with Crippen molar-refractivity contribution in [3.8, 4) is 11.5 Å². The Labute approximate surface area is 234 Å². The summed E-state index contributed by atoms with van der Waals surface area (Å²) in [6.07, 6.45) is 0.987. The lowest BCUT2D eigenvalue weighted by atomic mass is 10.1. The van der Waals surface area contributed by atoms with E-state index in [9.17, 15) is 9.59 Å². The molecule has 0 atom stereocenters. The molecule has 0 N–H and O–H groups in total. The molecular weight excluding hydrogens is 510 g/mol. The number of hydrogen-bond donors (Lipinski definition) is 0. The summed E-state index contributed by atoms with van der Waals surface area (Å²) in [6, 6.07) is 24.4. The molecule has 208 valence electrons. The van der Waals surface area contributed by atoms with Crippen LogP contribution in [0.5, 0.6) is 11.5 Å². The molecule has 1 heterocycles. The average molecular weight is 544 g/mol. The molecule has 1 fully saturated rings. The number of hydrogen-bond acceptors (Lipinski definition) is 6. The standard InChI is InChI=1S/C31H33N3O6/c1-4-26-20-33(18-17-23-15-16-27(37-2)28(19-23)38-3)29(32-30(35)39-21-24-11-7-5-8-12-24)34(26)31(36)40-22-25-13-9-6-10-14-25/h4-16,19H,17-18,20-22H2,1-3H3. The number of benzene rings is 3. The topological polar surface area (TPSA) is 89.9 Å². The molecular formula is C31H33N3O6. The van der Waals surface area contributed by atoms with E-state index in [0.717, 1.165) is 16.7 Å². The summed E-state index contributed by atoms with van der Waals surface area (Å²) in [5, 5.41) is 0. The highest BCUT2D eigenvalue weighted by atomic mass is 16.6. The van der Waals surface area contributed by atoms with Gasteiger partial charge in [-0.2, -0.15) is 0 Å². The van der Waals surface area contributed by atoms with E-state index < -0.39 is 12.2 Å². The lowest BCUT2D eigenvalue weighted by molar-refractivity contribution is 0.123. The molecule has 3 aromatic carbocycles. The fraction of sp³-hybridized carbons (Fsp3) is 0.258. The molecule has 3 aromatic rings. The van der Waals surface area contributed by atoms with Crippen LogP contribution >= 0.6 is 0 Å². The highest BCUT2D eigenvalue weighted by Gasteiger charge is 2.37. The predicted octanol–water partition coefficient (Wildman–Crippen LogP) is 5.80. The largest absolute Gasteiger partial charge is 0.493 e. The Morgan fingerprint density at radius 1 is 0.825 bits per heavy atom. The van der Waals surface area contributed by atoms with Crippen molar-refractivity contribution in [3.63, 3.8) is 0 Å². The third-order valence-electron chi connectivity index (χ3n) is 6.36. The minimum atomic E-state index is -0.798. The second kappa shape index (κ2) is 13.8. The molecule has 1 aliphatic rings. The number of guanidine groups is 1. The second-order valence-electron chi connectivity index (χ2n) is 8.97. The monoisotopic (exact) mass is 543 g/mol. The molecule has 0 aliphatic carbocycles. The Morgan fingerprint density at radius 2 is 1.45 bits per heavy atom. The van der Waals surface area contributed by atoms with Gasteiger partial charge in [0.25, 0.3) is 0 Å². The number of allylic oxidation sites excluding steroid dienone is 1. The van der Waals surface area contributed by atoms with Gasteiger partial charge in [-0.05, 0) is 42.2 Å². The molecule has 1 saturated heterocycles. The number of methoxy groups -OCH3 is 2. The van der Waals surface area contributed by atoms with Crippen molar-refractivity contribution >= 4 is 18.1 Å². The number of nitrogens with zero attached hydrogens (tertiary/aromatic N) is 3. The maximum atomic E-state index is 13.3. The van der Waals surface area contributed by atoms with Gasteiger partial charge < -0.3 is 23.8 Å². The third kappa shape index (κ3) is 7.19. The molecule has 0 spiro atoms. The van der Waals surface area contributed by atoms with Crippen molar-refractivity contribution in [2.45, 2.75) is 26.6 Å². The molecule has 0 radical (unpaired) electrons. The molecule has 1 aliphatic heterocycles. The lowest BCUT2D eigenvalue weighted by Gasteiger charge is -2.21. The molecule has 0 bridgehead atoms. The zero-order valence-corrected chi connectivity index (χ0v) is 22.9. The zero-order valence-electron chi connectivity index (χ0n) is 22.9. The van der Waals surface area contributed by atoms with Crippen LogP contribution in [-0.4, -0.2) is 55.3 Å². The molecule has 40 heavy (non-hydrogen) atoms. The van der Waals surface area contributed by atoms with Gasteiger partial charge in [-0.25, -0.2) is 14.5 Å². The molecule has 0 saturated carbocycles. The normalized spacial score (nSPS) is 14.9. The van der Waals surface area contributed by atoms with Gasteiger partial charge in [0, 0.05) is 12.2 Å². The van der Waals surface area contributed by atoms with E-state index >= 15 is 0 Å². The lowest BCUT2D eigenvalue weighted by Crippen LogP contribution is -2.39. The van der Waals surface area contributed by atoms with Crippen LogP contribution in [0.25, 0.3) is 0 Å². The minimum absolute atomic E-state index is 0.0665. The van der Waals surface area contributed by atoms with E-state index in [2.05, 4.69) is 4.99 Å². The van der Waals surface area contributed by atoms with Gasteiger partial charge in [0.15, 0.2) is 11.5 Å². The van der Waals surface area contributed by atoms with Gasteiger partial charge in [-0.3, -0.25) is 0 Å². The Morgan fingerprint density at radius 3 is 2.05 bits per heavy atom. The summed E-state index contributed by atoms with van der Waals surface area (Å²) in [5.74, 6) is 1.42. The zero-order chi connectivity index (χ0) is 28.3. The Kier molecular flexibility index (Phi) is 9.77. The van der Waals surface area contributed by atoms with E-state index in [1.807, 2.05) is 96.8 Å². The molecule has 9 nitrogen and oxygen atoms in total. The SMILES string of the molecule is CC=C1CN(CCc2ccc(OC)c(OC)c2)C(=NC(=O)OCc2ccccc2)N1C(=O)OCc1ccccc1. The first-order valence-electron chi connectivity index (χ1n) is 12.9. The third-order valence-corrected chi connectivity index (χ3v) is 6.36. The number of carbonyl (C=O) groups excluding carboxylic acids is 2. The summed E-state index contributed by atoms with van der Waals surface area (Å²) < 4.78 is 21.8. The van der Waals surface area contributed by atoms with E-state index in [4.69, 9.17) is 18.9 Å². The van der Waals surface area contributed by atoms with Gasteiger partial charge >= 0.3 is 12.2 Å². The number of amides is 2. The van der Waals surface area contributed by atoms with Crippen molar-refractivity contribution in [1.29, 1.82) is 0 Å². The van der Waals surface area contributed by atoms with Crippen molar-refractivity contribution in [3.05, 3.63) is 107 Å². The maximum absolute atomic E-state index is 13.3. The van der Waals surface area contributed by atoms with Crippen molar-refractivity contribution in [2.24, 2.45) is 4.99 Å². The summed E-state index contributed by atoms with van der Waals surface area (Å²) in [5.41, 5.74) is 3.33. The molecule has 4 rings (SSSR count). The van der Waals surface area contributed by atoms with Crippen LogP contribution in [0.2, 0.25) is 0 Å². The summed E-state index contributed by atoms with van der Waals surface area (Å²) in [4.78, 5) is 33.5. The van der Waals surface area contributed by atoms with E-state index in [-0.39, 0.29) is 19.2 Å². The van der Waals surface area contributed by atoms with Crippen molar-refractivity contribution in [2.75, 3.05) is 27.3 Å². The van der Waals surface area contributed by atoms with Gasteiger partial charge in [-0.15, -0.1) is 4.99 Å². The predicted molar refractivity (Wildman–Crippen MR) is 151 cm³/mol. The molecule has 0 aromatic heterocycles. The van der Waals surface area contributed by atoms with Crippen molar-refractivity contribution < 1.29 is 28.5 Å². The smallest absolute Gasteiger partial charge is 0.437 e. The first kappa shape index (κ1) is 28.2. The van der Waals surface area contributed by atoms with Crippen LogP contribution in [0, 0.1) is 0 Å². The summed E-state index contributed by atoms with van der Waals surface area (Å²) in [6.45, 7) is 2.83. The van der Waals surface area contributed by atoms with Gasteiger partial charge in [0.2, 0.25) is 5.96 Å². The molecule has 9 heteroatoms. The molecule has 2 amide bonds. The summed E-state index contributed by atoms with van der Waals surface area (Å²) >= 11 is 0. The van der Waals surface area contributed by atoms with Gasteiger partial charge in [0.1, 0.15) is 13.2 Å². The number of aliphatic imine (C=N–C) groups is 1. The van der Waals surface area contributed by atoms with Crippen LogP contribution in [0.4, 0.5) is 9.59 Å². The fourth-order valence-corrected chi connectivity index (χ4v) is 4.24. The molecule has 0 unspecified atom stereocenters. The van der Waals surface area contributed by atoms with E-state index in [1.54, 1.807) is 14.2 Å².